The molecule has 0 saturated carbocycles. The lowest BCUT2D eigenvalue weighted by Crippen LogP contribution is -2.42. The Morgan fingerprint density at radius 2 is 2.18 bits per heavy atom. The van der Waals surface area contributed by atoms with Crippen LogP contribution in [-0.4, -0.2) is 11.2 Å². The minimum atomic E-state index is -4.14. The van der Waals surface area contributed by atoms with Gasteiger partial charge in [0.25, 0.3) is 5.82 Å². The van der Waals surface area contributed by atoms with E-state index in [1.54, 1.807) is 6.92 Å². The Morgan fingerprint density at radius 3 is 2.55 bits per heavy atom. The molecular weight excluding hydrogens is 157 g/mol. The molecule has 0 saturated heterocycles. The SMILES string of the molecule is Cc1[nH]cc[n+]1CC(F)(F)F. The summed E-state index contributed by atoms with van der Waals surface area (Å²) in [4.78, 5) is 2.65. The third kappa shape index (κ3) is 2.25. The molecule has 0 fully saturated rings. The van der Waals surface area contributed by atoms with Crippen molar-refractivity contribution in [1.82, 2.24) is 4.98 Å². The van der Waals surface area contributed by atoms with Crippen LogP contribution in [0.4, 0.5) is 13.2 Å². The Labute approximate surface area is 61.7 Å². The van der Waals surface area contributed by atoms with Gasteiger partial charge in [-0.05, 0) is 0 Å². The summed E-state index contributed by atoms with van der Waals surface area (Å²) in [5.41, 5.74) is 0. The molecule has 0 aliphatic rings. The summed E-state index contributed by atoms with van der Waals surface area (Å²) >= 11 is 0. The van der Waals surface area contributed by atoms with Gasteiger partial charge in [0, 0.05) is 6.92 Å². The topological polar surface area (TPSA) is 19.7 Å². The molecule has 1 heterocycles. The van der Waals surface area contributed by atoms with E-state index in [2.05, 4.69) is 4.98 Å². The van der Waals surface area contributed by atoms with Crippen molar-refractivity contribution < 1.29 is 17.7 Å². The van der Waals surface area contributed by atoms with E-state index >= 15 is 0 Å². The first-order valence-electron chi connectivity index (χ1n) is 3.09. The number of H-pyrrole nitrogens is 1. The number of nitrogens with zero attached hydrogens (tertiary/aromatic N) is 1. The molecule has 1 N–H and O–H groups in total. The van der Waals surface area contributed by atoms with Crippen LogP contribution in [0, 0.1) is 6.92 Å². The van der Waals surface area contributed by atoms with Crippen molar-refractivity contribution in [2.75, 3.05) is 0 Å². The molecule has 1 aromatic heterocycles. The van der Waals surface area contributed by atoms with E-state index in [1.165, 1.54) is 12.4 Å². The van der Waals surface area contributed by atoms with Crippen molar-refractivity contribution in [3.63, 3.8) is 0 Å². The average Bonchev–Trinajstić information content (AvgIpc) is 2.12. The molecule has 2 nitrogen and oxygen atoms in total. The first kappa shape index (κ1) is 8.10. The second kappa shape index (κ2) is 2.56. The number of rotatable bonds is 1. The second-order valence-electron chi connectivity index (χ2n) is 2.29. The maximum absolute atomic E-state index is 11.8. The predicted octanol–water partition coefficient (Wildman–Crippen LogP) is 1.17. The summed E-state index contributed by atoms with van der Waals surface area (Å²) in [7, 11) is 0. The molecule has 0 amide bonds. The van der Waals surface area contributed by atoms with Gasteiger partial charge >= 0.3 is 6.18 Å². The lowest BCUT2D eigenvalue weighted by Gasteiger charge is -2.02. The number of hydrogen-bond acceptors (Lipinski definition) is 0. The fraction of sp³-hybridized carbons (Fsp3) is 0.500. The van der Waals surface area contributed by atoms with Crippen molar-refractivity contribution >= 4 is 0 Å². The van der Waals surface area contributed by atoms with Crippen LogP contribution in [-0.2, 0) is 6.54 Å². The van der Waals surface area contributed by atoms with Crippen molar-refractivity contribution in [3.05, 3.63) is 18.2 Å². The molecule has 62 valence electrons. The second-order valence-corrected chi connectivity index (χ2v) is 2.29. The highest BCUT2D eigenvalue weighted by atomic mass is 19.4. The van der Waals surface area contributed by atoms with Crippen LogP contribution in [0.2, 0.25) is 0 Å². The fourth-order valence-electron chi connectivity index (χ4n) is 0.807. The summed E-state index contributed by atoms with van der Waals surface area (Å²) in [6.07, 6.45) is -1.30. The number of nitrogens with one attached hydrogen (secondary N) is 1. The van der Waals surface area contributed by atoms with Gasteiger partial charge in [-0.2, -0.15) is 13.2 Å². The Hall–Kier alpha value is -1.00. The summed E-state index contributed by atoms with van der Waals surface area (Å²) in [6.45, 7) is 0.661. The third-order valence-corrected chi connectivity index (χ3v) is 1.33. The lowest BCUT2D eigenvalue weighted by molar-refractivity contribution is -0.723. The monoisotopic (exact) mass is 165 g/mol. The largest absolute Gasteiger partial charge is 0.426 e. The normalized spacial score (nSPS) is 12.0. The van der Waals surface area contributed by atoms with E-state index < -0.39 is 12.7 Å². The lowest BCUT2D eigenvalue weighted by atomic mass is 10.6. The molecule has 0 atom stereocenters. The smallest absolute Gasteiger partial charge is 0.248 e. The van der Waals surface area contributed by atoms with Crippen LogP contribution in [0.15, 0.2) is 12.4 Å². The molecule has 0 unspecified atom stereocenters. The van der Waals surface area contributed by atoms with Gasteiger partial charge in [-0.1, -0.05) is 0 Å². The zero-order valence-corrected chi connectivity index (χ0v) is 5.94. The van der Waals surface area contributed by atoms with Crippen LogP contribution in [0.1, 0.15) is 5.82 Å². The number of aromatic amines is 1. The first-order chi connectivity index (χ1) is 4.99. The molecule has 5 heteroatoms. The Bertz CT molecular complexity index is 238. The Morgan fingerprint density at radius 1 is 1.55 bits per heavy atom. The van der Waals surface area contributed by atoms with Gasteiger partial charge in [-0.15, -0.1) is 0 Å². The van der Waals surface area contributed by atoms with E-state index in [4.69, 9.17) is 0 Å². The maximum Gasteiger partial charge on any atom is 0.426 e. The van der Waals surface area contributed by atoms with Gasteiger partial charge in [0.2, 0.25) is 0 Å². The van der Waals surface area contributed by atoms with Crippen molar-refractivity contribution in [1.29, 1.82) is 0 Å². The van der Waals surface area contributed by atoms with Gasteiger partial charge in [0.05, 0.1) is 0 Å². The minimum absolute atomic E-state index is 0.502. The molecule has 0 aliphatic carbocycles. The summed E-state index contributed by atoms with van der Waals surface area (Å²) in [6, 6.07) is 0. The number of halogens is 3. The van der Waals surface area contributed by atoms with E-state index in [9.17, 15) is 13.2 Å². The molecule has 0 bridgehead atoms. The minimum Gasteiger partial charge on any atom is -0.248 e. The molecule has 1 rings (SSSR count). The zero-order chi connectivity index (χ0) is 8.48. The highest BCUT2D eigenvalue weighted by molar-refractivity contribution is 4.70. The number of hydrogen-bond donors (Lipinski definition) is 1. The highest BCUT2D eigenvalue weighted by Gasteiger charge is 2.31. The Kier molecular flexibility index (Phi) is 1.89. The number of imidazole rings is 1. The molecule has 11 heavy (non-hydrogen) atoms. The summed E-state index contributed by atoms with van der Waals surface area (Å²) in [5.74, 6) is 0.502. The number of aryl methyl sites for hydroxylation is 1. The number of alkyl halides is 3. The van der Waals surface area contributed by atoms with Crippen LogP contribution < -0.4 is 4.57 Å². The van der Waals surface area contributed by atoms with Crippen molar-refractivity contribution in [2.45, 2.75) is 19.6 Å². The van der Waals surface area contributed by atoms with Crippen LogP contribution >= 0.6 is 0 Å². The van der Waals surface area contributed by atoms with Crippen LogP contribution in [0.3, 0.4) is 0 Å². The first-order valence-corrected chi connectivity index (χ1v) is 3.09. The average molecular weight is 165 g/mol. The van der Waals surface area contributed by atoms with E-state index in [-0.39, 0.29) is 0 Å². The molecule has 0 aromatic carbocycles. The maximum atomic E-state index is 11.8. The molecule has 0 spiro atoms. The van der Waals surface area contributed by atoms with E-state index in [0.29, 0.717) is 5.82 Å². The molecule has 0 radical (unpaired) electrons. The van der Waals surface area contributed by atoms with Gasteiger partial charge in [-0.3, -0.25) is 0 Å². The molecular formula is C6H8F3N2+. The Balaban J connectivity index is 2.72. The predicted molar refractivity (Wildman–Crippen MR) is 31.8 cm³/mol. The number of aromatic nitrogens is 2. The summed E-state index contributed by atoms with van der Waals surface area (Å²) in [5, 5.41) is 0. The van der Waals surface area contributed by atoms with Gasteiger partial charge in [0.1, 0.15) is 12.4 Å². The fourth-order valence-corrected chi connectivity index (χ4v) is 0.807. The van der Waals surface area contributed by atoms with Crippen molar-refractivity contribution in [3.8, 4) is 0 Å². The van der Waals surface area contributed by atoms with Crippen molar-refractivity contribution in [2.24, 2.45) is 0 Å². The van der Waals surface area contributed by atoms with Crippen LogP contribution in [0.25, 0.3) is 0 Å². The highest BCUT2D eigenvalue weighted by Crippen LogP contribution is 2.13. The third-order valence-electron chi connectivity index (χ3n) is 1.33. The standard InChI is InChI=1S/C6H7F3N2/c1-5-10-2-3-11(5)4-6(7,8)9/h2-3H,4H2,1H3/p+1. The van der Waals surface area contributed by atoms with Gasteiger partial charge in [0.15, 0.2) is 6.54 Å². The quantitative estimate of drug-likeness (QED) is 0.603. The molecule has 1 aromatic rings. The van der Waals surface area contributed by atoms with Crippen LogP contribution in [0.5, 0.6) is 0 Å². The van der Waals surface area contributed by atoms with E-state index in [0.717, 1.165) is 4.57 Å². The zero-order valence-electron chi connectivity index (χ0n) is 5.94. The van der Waals surface area contributed by atoms with Gasteiger partial charge in [-0.25, -0.2) is 9.55 Å². The molecule has 0 aliphatic heterocycles. The van der Waals surface area contributed by atoms with E-state index in [1.807, 2.05) is 0 Å². The summed E-state index contributed by atoms with van der Waals surface area (Å²) < 4.78 is 36.4. The van der Waals surface area contributed by atoms with Gasteiger partial charge < -0.3 is 0 Å².